The van der Waals surface area contributed by atoms with Crippen molar-refractivity contribution in [3.63, 3.8) is 0 Å². The Morgan fingerprint density at radius 2 is 2.33 bits per heavy atom. The SMILES string of the molecule is C/C=C/CCC1CCCC(O)O1. The maximum atomic E-state index is 9.20. The van der Waals surface area contributed by atoms with Crippen molar-refractivity contribution < 1.29 is 9.84 Å². The van der Waals surface area contributed by atoms with Gasteiger partial charge in [0.15, 0.2) is 6.29 Å². The summed E-state index contributed by atoms with van der Waals surface area (Å²) in [6.07, 6.45) is 9.09. The normalized spacial score (nSPS) is 31.2. The molecule has 1 aliphatic heterocycles. The van der Waals surface area contributed by atoms with Crippen LogP contribution in [0.2, 0.25) is 0 Å². The number of ether oxygens (including phenoxy) is 1. The third-order valence-electron chi connectivity index (χ3n) is 2.22. The summed E-state index contributed by atoms with van der Waals surface area (Å²) in [6.45, 7) is 2.02. The highest BCUT2D eigenvalue weighted by molar-refractivity contribution is 4.79. The van der Waals surface area contributed by atoms with E-state index in [2.05, 4.69) is 12.2 Å². The lowest BCUT2D eigenvalue weighted by atomic mass is 10.0. The number of allylic oxidation sites excluding steroid dienone is 2. The van der Waals surface area contributed by atoms with Gasteiger partial charge in [-0.3, -0.25) is 0 Å². The molecule has 1 aliphatic rings. The minimum Gasteiger partial charge on any atom is -0.368 e. The Morgan fingerprint density at radius 1 is 1.50 bits per heavy atom. The maximum absolute atomic E-state index is 9.20. The molecule has 1 heterocycles. The topological polar surface area (TPSA) is 29.5 Å². The van der Waals surface area contributed by atoms with E-state index in [1.165, 1.54) is 0 Å². The minimum absolute atomic E-state index is 0.282. The van der Waals surface area contributed by atoms with Crippen LogP contribution in [0.15, 0.2) is 12.2 Å². The molecule has 0 aliphatic carbocycles. The largest absolute Gasteiger partial charge is 0.368 e. The predicted octanol–water partition coefficient (Wildman–Crippen LogP) is 2.23. The van der Waals surface area contributed by atoms with Gasteiger partial charge in [0.05, 0.1) is 6.10 Å². The van der Waals surface area contributed by atoms with Gasteiger partial charge in [0.1, 0.15) is 0 Å². The summed E-state index contributed by atoms with van der Waals surface area (Å²) in [7, 11) is 0. The van der Waals surface area contributed by atoms with Gasteiger partial charge in [-0.15, -0.1) is 0 Å². The van der Waals surface area contributed by atoms with Crippen molar-refractivity contribution >= 4 is 0 Å². The second-order valence-corrected chi connectivity index (χ2v) is 3.29. The molecule has 1 N–H and O–H groups in total. The molecule has 2 heteroatoms. The molecule has 0 aromatic carbocycles. The smallest absolute Gasteiger partial charge is 0.154 e. The summed E-state index contributed by atoms with van der Waals surface area (Å²) in [4.78, 5) is 0. The van der Waals surface area contributed by atoms with Gasteiger partial charge in [0.2, 0.25) is 0 Å². The average molecular weight is 170 g/mol. The first-order valence-corrected chi connectivity index (χ1v) is 4.77. The lowest BCUT2D eigenvalue weighted by Gasteiger charge is -2.26. The van der Waals surface area contributed by atoms with Crippen LogP contribution in [-0.4, -0.2) is 17.5 Å². The summed E-state index contributed by atoms with van der Waals surface area (Å²) in [5.41, 5.74) is 0. The van der Waals surface area contributed by atoms with Crippen LogP contribution in [0.25, 0.3) is 0 Å². The monoisotopic (exact) mass is 170 g/mol. The van der Waals surface area contributed by atoms with Crippen molar-refractivity contribution in [3.05, 3.63) is 12.2 Å². The van der Waals surface area contributed by atoms with E-state index in [9.17, 15) is 5.11 Å². The van der Waals surface area contributed by atoms with Crippen LogP contribution >= 0.6 is 0 Å². The minimum atomic E-state index is -0.505. The molecular weight excluding hydrogens is 152 g/mol. The highest BCUT2D eigenvalue weighted by Gasteiger charge is 2.19. The molecule has 1 rings (SSSR count). The Kier molecular flexibility index (Phi) is 4.33. The number of hydrogen-bond acceptors (Lipinski definition) is 2. The van der Waals surface area contributed by atoms with E-state index in [0.29, 0.717) is 0 Å². The van der Waals surface area contributed by atoms with Gasteiger partial charge in [-0.1, -0.05) is 12.2 Å². The average Bonchev–Trinajstić information content (AvgIpc) is 2.05. The van der Waals surface area contributed by atoms with Crippen LogP contribution in [0.1, 0.15) is 39.0 Å². The van der Waals surface area contributed by atoms with Gasteiger partial charge in [0, 0.05) is 0 Å². The van der Waals surface area contributed by atoms with Crippen LogP contribution in [0.3, 0.4) is 0 Å². The zero-order chi connectivity index (χ0) is 8.81. The molecule has 2 atom stereocenters. The summed E-state index contributed by atoms with van der Waals surface area (Å²) in [5, 5.41) is 9.20. The highest BCUT2D eigenvalue weighted by atomic mass is 16.6. The van der Waals surface area contributed by atoms with Crippen LogP contribution in [-0.2, 0) is 4.74 Å². The molecule has 0 spiro atoms. The van der Waals surface area contributed by atoms with Gasteiger partial charge in [-0.2, -0.15) is 0 Å². The number of hydrogen-bond donors (Lipinski definition) is 1. The molecule has 12 heavy (non-hydrogen) atoms. The first-order valence-electron chi connectivity index (χ1n) is 4.77. The van der Waals surface area contributed by atoms with E-state index in [1.807, 2.05) is 6.92 Å². The Balaban J connectivity index is 2.14. The molecule has 0 radical (unpaired) electrons. The van der Waals surface area contributed by atoms with Gasteiger partial charge >= 0.3 is 0 Å². The van der Waals surface area contributed by atoms with Crippen molar-refractivity contribution in [2.45, 2.75) is 51.4 Å². The standard InChI is InChI=1S/C10H18O2/c1-2-3-4-6-9-7-5-8-10(11)12-9/h2-3,9-11H,4-8H2,1H3/b3-2+. The van der Waals surface area contributed by atoms with Crippen LogP contribution < -0.4 is 0 Å². The fraction of sp³-hybridized carbons (Fsp3) is 0.800. The zero-order valence-corrected chi connectivity index (χ0v) is 7.70. The van der Waals surface area contributed by atoms with E-state index in [4.69, 9.17) is 4.74 Å². The van der Waals surface area contributed by atoms with E-state index in [1.54, 1.807) is 0 Å². The molecule has 1 saturated heterocycles. The van der Waals surface area contributed by atoms with Crippen molar-refractivity contribution in [2.75, 3.05) is 0 Å². The lowest BCUT2D eigenvalue weighted by molar-refractivity contribution is -0.163. The quantitative estimate of drug-likeness (QED) is 0.658. The van der Waals surface area contributed by atoms with Crippen LogP contribution in [0.4, 0.5) is 0 Å². The Bertz CT molecular complexity index is 143. The number of aliphatic hydroxyl groups is 1. The predicted molar refractivity (Wildman–Crippen MR) is 48.8 cm³/mol. The Morgan fingerprint density at radius 3 is 3.00 bits per heavy atom. The fourth-order valence-electron chi connectivity index (χ4n) is 1.54. The number of rotatable bonds is 3. The molecule has 2 nitrogen and oxygen atoms in total. The molecule has 0 saturated carbocycles. The zero-order valence-electron chi connectivity index (χ0n) is 7.70. The summed E-state index contributed by atoms with van der Waals surface area (Å²) in [5.74, 6) is 0. The molecule has 0 bridgehead atoms. The molecule has 70 valence electrons. The second kappa shape index (κ2) is 5.33. The third-order valence-corrected chi connectivity index (χ3v) is 2.22. The van der Waals surface area contributed by atoms with E-state index >= 15 is 0 Å². The molecular formula is C10H18O2. The van der Waals surface area contributed by atoms with Crippen molar-refractivity contribution in [2.24, 2.45) is 0 Å². The lowest BCUT2D eigenvalue weighted by Crippen LogP contribution is -2.26. The molecule has 1 fully saturated rings. The van der Waals surface area contributed by atoms with Crippen molar-refractivity contribution in [1.29, 1.82) is 0 Å². The second-order valence-electron chi connectivity index (χ2n) is 3.29. The molecule has 2 unspecified atom stereocenters. The Hall–Kier alpha value is -0.340. The Labute approximate surface area is 74.2 Å². The highest BCUT2D eigenvalue weighted by Crippen LogP contribution is 2.20. The van der Waals surface area contributed by atoms with Crippen molar-refractivity contribution in [1.82, 2.24) is 0 Å². The first kappa shape index (κ1) is 9.75. The summed E-state index contributed by atoms with van der Waals surface area (Å²) in [6, 6.07) is 0. The van der Waals surface area contributed by atoms with E-state index in [-0.39, 0.29) is 6.10 Å². The summed E-state index contributed by atoms with van der Waals surface area (Å²) < 4.78 is 5.35. The molecule has 0 aromatic heterocycles. The van der Waals surface area contributed by atoms with Gasteiger partial charge < -0.3 is 9.84 Å². The molecule has 0 aromatic rings. The van der Waals surface area contributed by atoms with Crippen LogP contribution in [0.5, 0.6) is 0 Å². The summed E-state index contributed by atoms with van der Waals surface area (Å²) >= 11 is 0. The number of aliphatic hydroxyl groups excluding tert-OH is 1. The maximum Gasteiger partial charge on any atom is 0.154 e. The van der Waals surface area contributed by atoms with Crippen LogP contribution in [0, 0.1) is 0 Å². The first-order chi connectivity index (χ1) is 5.83. The third kappa shape index (κ3) is 3.37. The fourth-order valence-corrected chi connectivity index (χ4v) is 1.54. The van der Waals surface area contributed by atoms with E-state index < -0.39 is 6.29 Å². The van der Waals surface area contributed by atoms with Crippen molar-refractivity contribution in [3.8, 4) is 0 Å². The molecule has 0 amide bonds. The van der Waals surface area contributed by atoms with Gasteiger partial charge in [0.25, 0.3) is 0 Å². The van der Waals surface area contributed by atoms with E-state index in [0.717, 1.165) is 32.1 Å². The van der Waals surface area contributed by atoms with Gasteiger partial charge in [-0.05, 0) is 39.0 Å². The van der Waals surface area contributed by atoms with Gasteiger partial charge in [-0.25, -0.2) is 0 Å².